The van der Waals surface area contributed by atoms with E-state index < -0.39 is 23.2 Å². The van der Waals surface area contributed by atoms with E-state index in [1.54, 1.807) is 19.1 Å². The third-order valence-electron chi connectivity index (χ3n) is 4.35. The largest absolute Gasteiger partial charge is 0.417 e. The van der Waals surface area contributed by atoms with Crippen molar-refractivity contribution in [3.05, 3.63) is 83.6 Å². The lowest BCUT2D eigenvalue weighted by atomic mass is 10.1. The molecule has 0 spiro atoms. The van der Waals surface area contributed by atoms with Gasteiger partial charge in [0.1, 0.15) is 5.82 Å². The van der Waals surface area contributed by atoms with Crippen LogP contribution >= 0.6 is 0 Å². The van der Waals surface area contributed by atoms with Gasteiger partial charge in [0.15, 0.2) is 5.82 Å². The first-order valence-electron chi connectivity index (χ1n) is 8.73. The number of nitrogens with one attached hydrogen (secondary N) is 1. The van der Waals surface area contributed by atoms with Crippen LogP contribution < -0.4 is 5.32 Å². The topological polar surface area (TPSA) is 59.8 Å². The van der Waals surface area contributed by atoms with Gasteiger partial charge in [-0.15, -0.1) is 0 Å². The number of aryl methyl sites for hydroxylation is 1. The Kier molecular flexibility index (Phi) is 4.54. The first kappa shape index (κ1) is 18.7. The molecule has 29 heavy (non-hydrogen) atoms. The van der Waals surface area contributed by atoms with Crippen molar-refractivity contribution < 1.29 is 18.0 Å². The first-order valence-corrected chi connectivity index (χ1v) is 8.73. The number of aromatic nitrogens is 3. The van der Waals surface area contributed by atoms with Gasteiger partial charge >= 0.3 is 6.18 Å². The van der Waals surface area contributed by atoms with Crippen LogP contribution in [0.5, 0.6) is 0 Å². The number of fused-ring (bicyclic) bond motifs is 1. The van der Waals surface area contributed by atoms with E-state index in [4.69, 9.17) is 0 Å². The second kappa shape index (κ2) is 7.05. The number of pyridine rings is 1. The number of para-hydroxylation sites is 1. The van der Waals surface area contributed by atoms with E-state index in [0.29, 0.717) is 11.5 Å². The molecule has 0 aliphatic carbocycles. The average Bonchev–Trinajstić information content (AvgIpc) is 3.07. The van der Waals surface area contributed by atoms with Crippen molar-refractivity contribution in [2.75, 3.05) is 5.32 Å². The molecule has 2 aromatic carbocycles. The van der Waals surface area contributed by atoms with Crippen LogP contribution in [-0.2, 0) is 6.18 Å². The van der Waals surface area contributed by atoms with Gasteiger partial charge in [-0.1, -0.05) is 30.3 Å². The highest BCUT2D eigenvalue weighted by atomic mass is 19.4. The third kappa shape index (κ3) is 3.69. The van der Waals surface area contributed by atoms with E-state index in [2.05, 4.69) is 15.4 Å². The molecular weight excluding hydrogens is 381 g/mol. The molecule has 0 saturated heterocycles. The number of alkyl halides is 3. The zero-order valence-electron chi connectivity index (χ0n) is 15.2. The number of benzene rings is 2. The molecular formula is C21H15F3N4O. The van der Waals surface area contributed by atoms with Gasteiger partial charge in [0.2, 0.25) is 0 Å². The quantitative estimate of drug-likeness (QED) is 0.530. The smallest absolute Gasteiger partial charge is 0.306 e. The number of halogens is 3. The molecule has 0 atom stereocenters. The van der Waals surface area contributed by atoms with Gasteiger partial charge in [-0.05, 0) is 37.3 Å². The van der Waals surface area contributed by atoms with Crippen molar-refractivity contribution in [2.45, 2.75) is 13.1 Å². The Labute approximate surface area is 163 Å². The first-order chi connectivity index (χ1) is 13.8. The number of carbonyl (C=O) groups is 1. The fourth-order valence-corrected chi connectivity index (χ4v) is 3.05. The number of hydrogen-bond donors (Lipinski definition) is 1. The van der Waals surface area contributed by atoms with Crippen molar-refractivity contribution in [1.29, 1.82) is 0 Å². The standard InChI is InChI=1S/C21H15F3N4O/c1-13-12-19(26-20(29)15-7-3-4-8-16(15)21(22,23)24)28(27-13)18-11-10-14-6-2-5-9-17(14)25-18/h2-12H,1H3,(H,26,29). The van der Waals surface area contributed by atoms with Crippen LogP contribution in [0.15, 0.2) is 66.7 Å². The van der Waals surface area contributed by atoms with Gasteiger partial charge in [0.25, 0.3) is 5.91 Å². The molecule has 2 heterocycles. The molecule has 146 valence electrons. The van der Waals surface area contributed by atoms with E-state index >= 15 is 0 Å². The minimum Gasteiger partial charge on any atom is -0.306 e. The van der Waals surface area contributed by atoms with Crippen LogP contribution in [0.4, 0.5) is 19.0 Å². The molecule has 5 nitrogen and oxygen atoms in total. The van der Waals surface area contributed by atoms with Crippen LogP contribution in [0.3, 0.4) is 0 Å². The maximum Gasteiger partial charge on any atom is 0.417 e. The molecule has 0 radical (unpaired) electrons. The second-order valence-corrected chi connectivity index (χ2v) is 6.44. The Balaban J connectivity index is 1.72. The minimum atomic E-state index is -4.63. The lowest BCUT2D eigenvalue weighted by Crippen LogP contribution is -2.20. The molecule has 4 aromatic rings. The van der Waals surface area contributed by atoms with Crippen LogP contribution in [0.25, 0.3) is 16.7 Å². The van der Waals surface area contributed by atoms with Crippen LogP contribution in [0.2, 0.25) is 0 Å². The summed E-state index contributed by atoms with van der Waals surface area (Å²) in [4.78, 5) is 17.1. The van der Waals surface area contributed by atoms with E-state index in [1.165, 1.54) is 16.8 Å². The molecule has 0 fully saturated rings. The summed E-state index contributed by atoms with van der Waals surface area (Å²) in [7, 11) is 0. The summed E-state index contributed by atoms with van der Waals surface area (Å²) in [6, 6.07) is 17.3. The molecule has 0 saturated carbocycles. The summed E-state index contributed by atoms with van der Waals surface area (Å²) < 4.78 is 41.1. The van der Waals surface area contributed by atoms with Gasteiger partial charge in [0, 0.05) is 11.5 Å². The second-order valence-electron chi connectivity index (χ2n) is 6.44. The number of carbonyl (C=O) groups excluding carboxylic acids is 1. The zero-order valence-corrected chi connectivity index (χ0v) is 15.2. The van der Waals surface area contributed by atoms with E-state index in [1.807, 2.05) is 30.3 Å². The number of rotatable bonds is 3. The maximum absolute atomic E-state index is 13.2. The van der Waals surface area contributed by atoms with Crippen LogP contribution in [0.1, 0.15) is 21.6 Å². The summed E-state index contributed by atoms with van der Waals surface area (Å²) in [5, 5.41) is 7.79. The lowest BCUT2D eigenvalue weighted by Gasteiger charge is -2.13. The highest BCUT2D eigenvalue weighted by molar-refractivity contribution is 6.05. The summed E-state index contributed by atoms with van der Waals surface area (Å²) in [5.74, 6) is -0.205. The summed E-state index contributed by atoms with van der Waals surface area (Å²) >= 11 is 0. The molecule has 4 rings (SSSR count). The van der Waals surface area contributed by atoms with Gasteiger partial charge < -0.3 is 5.32 Å². The van der Waals surface area contributed by atoms with Crippen LogP contribution in [-0.4, -0.2) is 20.7 Å². The van der Waals surface area contributed by atoms with Crippen molar-refractivity contribution in [1.82, 2.24) is 14.8 Å². The Morgan fingerprint density at radius 1 is 1.00 bits per heavy atom. The highest BCUT2D eigenvalue weighted by Crippen LogP contribution is 2.32. The SMILES string of the molecule is Cc1cc(NC(=O)c2ccccc2C(F)(F)F)n(-c2ccc3ccccc3n2)n1. The predicted molar refractivity (Wildman–Crippen MR) is 103 cm³/mol. The fourth-order valence-electron chi connectivity index (χ4n) is 3.05. The number of hydrogen-bond acceptors (Lipinski definition) is 3. The minimum absolute atomic E-state index is 0.229. The summed E-state index contributed by atoms with van der Waals surface area (Å²) in [6.07, 6.45) is -4.63. The van der Waals surface area contributed by atoms with Gasteiger partial charge in [-0.25, -0.2) is 4.98 Å². The van der Waals surface area contributed by atoms with Crippen LogP contribution in [0, 0.1) is 6.92 Å². The Bertz CT molecular complexity index is 1210. The molecule has 0 aliphatic rings. The zero-order chi connectivity index (χ0) is 20.6. The predicted octanol–water partition coefficient (Wildman–Crippen LogP) is 5.00. The van der Waals surface area contributed by atoms with Crippen molar-refractivity contribution >= 4 is 22.6 Å². The van der Waals surface area contributed by atoms with E-state index in [-0.39, 0.29) is 5.82 Å². The Hall–Kier alpha value is -3.68. The summed E-state index contributed by atoms with van der Waals surface area (Å²) in [6.45, 7) is 1.72. The van der Waals surface area contributed by atoms with Crippen molar-refractivity contribution in [3.63, 3.8) is 0 Å². The van der Waals surface area contributed by atoms with Gasteiger partial charge in [-0.3, -0.25) is 4.79 Å². The van der Waals surface area contributed by atoms with Crippen molar-refractivity contribution in [2.24, 2.45) is 0 Å². The maximum atomic E-state index is 13.2. The van der Waals surface area contributed by atoms with E-state index in [9.17, 15) is 18.0 Å². The third-order valence-corrected chi connectivity index (χ3v) is 4.35. The normalized spacial score (nSPS) is 11.6. The highest BCUT2D eigenvalue weighted by Gasteiger charge is 2.35. The molecule has 0 aliphatic heterocycles. The number of anilines is 1. The molecule has 1 amide bonds. The molecule has 0 unspecified atom stereocenters. The number of amides is 1. The van der Waals surface area contributed by atoms with E-state index in [0.717, 1.165) is 23.0 Å². The molecule has 1 N–H and O–H groups in total. The monoisotopic (exact) mass is 396 g/mol. The Morgan fingerprint density at radius 3 is 2.52 bits per heavy atom. The fraction of sp³-hybridized carbons (Fsp3) is 0.0952. The lowest BCUT2D eigenvalue weighted by molar-refractivity contribution is -0.137. The molecule has 8 heteroatoms. The number of nitrogens with zero attached hydrogens (tertiary/aromatic N) is 3. The average molecular weight is 396 g/mol. The Morgan fingerprint density at radius 2 is 1.72 bits per heavy atom. The molecule has 0 bridgehead atoms. The molecule has 2 aromatic heterocycles. The van der Waals surface area contributed by atoms with Gasteiger partial charge in [-0.2, -0.15) is 23.0 Å². The summed E-state index contributed by atoms with van der Waals surface area (Å²) in [5.41, 5.74) is -0.141. The van der Waals surface area contributed by atoms with Gasteiger partial charge in [0.05, 0.1) is 22.3 Å². The van der Waals surface area contributed by atoms with Crippen molar-refractivity contribution in [3.8, 4) is 5.82 Å².